The first-order chi connectivity index (χ1) is 7.57. The van der Waals surface area contributed by atoms with E-state index < -0.39 is 12.7 Å². The predicted molar refractivity (Wildman–Crippen MR) is 48.3 cm³/mol. The molecule has 0 saturated carbocycles. The lowest BCUT2D eigenvalue weighted by Crippen LogP contribution is -2.34. The molecule has 0 unspecified atom stereocenters. The summed E-state index contributed by atoms with van der Waals surface area (Å²) in [6.45, 7) is 0. The van der Waals surface area contributed by atoms with Crippen molar-refractivity contribution in [3.63, 3.8) is 0 Å². The van der Waals surface area contributed by atoms with E-state index in [0.717, 1.165) is 10.5 Å². The second-order valence-corrected chi connectivity index (χ2v) is 4.36. The Balaban J connectivity index is 1.93. The Kier molecular flexibility index (Phi) is 1.82. The maximum Gasteiger partial charge on any atom is 0.538 e. The summed E-state index contributed by atoms with van der Waals surface area (Å²) in [4.78, 5) is 9.99. The van der Waals surface area contributed by atoms with Crippen LogP contribution in [0, 0.1) is 10.1 Å². The number of nitro benzene ring substituents is 1. The van der Waals surface area contributed by atoms with Crippen LogP contribution in [0.5, 0.6) is 0 Å². The highest BCUT2D eigenvalue weighted by Crippen LogP contribution is 2.67. The normalized spacial score (nSPS) is 31.2. The molecule has 16 heavy (non-hydrogen) atoms. The molecule has 0 radical (unpaired) electrons. The highest BCUT2D eigenvalue weighted by Gasteiger charge is 2.60. The zero-order valence-electron chi connectivity index (χ0n) is 7.55. The molecule has 0 spiro atoms. The summed E-state index contributed by atoms with van der Waals surface area (Å²) in [5.41, 5.74) is 0.161. The zero-order valence-corrected chi connectivity index (χ0v) is 8.44. The number of hydrazine groups is 1. The van der Waals surface area contributed by atoms with E-state index in [-0.39, 0.29) is 11.4 Å². The minimum absolute atomic E-state index is 0.121. The van der Waals surface area contributed by atoms with E-state index in [1.54, 1.807) is 0 Å². The van der Waals surface area contributed by atoms with Crippen molar-refractivity contribution in [3.05, 3.63) is 34.4 Å². The summed E-state index contributed by atoms with van der Waals surface area (Å²) in [5.74, 6) is 0. The fraction of sp³-hybridized carbons (Fsp3) is 0. The van der Waals surface area contributed by atoms with E-state index >= 15 is 0 Å². The lowest BCUT2D eigenvalue weighted by atomic mass is 10.3. The highest BCUT2D eigenvalue weighted by atomic mass is 31.2. The zero-order chi connectivity index (χ0) is 11.3. The average molecular weight is 245 g/mol. The molecule has 1 aromatic rings. The first kappa shape index (κ1) is 9.70. The fourth-order valence-corrected chi connectivity index (χ4v) is 2.15. The molecule has 10 heteroatoms. The number of anilines is 1. The first-order valence-electron chi connectivity index (χ1n) is 4.11. The van der Waals surface area contributed by atoms with E-state index in [0.29, 0.717) is 0 Å². The topological polar surface area (TPSA) is 94.4 Å². The molecule has 3 aliphatic heterocycles. The van der Waals surface area contributed by atoms with Crippen LogP contribution in [-0.2, 0) is 18.4 Å². The second-order valence-electron chi connectivity index (χ2n) is 2.98. The van der Waals surface area contributed by atoms with Gasteiger partial charge in [-0.25, -0.2) is 4.57 Å². The van der Waals surface area contributed by atoms with Gasteiger partial charge in [-0.1, -0.05) is 6.07 Å². The van der Waals surface area contributed by atoms with Crippen molar-refractivity contribution in [2.24, 2.45) is 0 Å². The lowest BCUT2D eigenvalue weighted by molar-refractivity contribution is -0.384. The molecule has 3 aliphatic rings. The molecule has 84 valence electrons. The molecule has 4 rings (SSSR count). The van der Waals surface area contributed by atoms with Gasteiger partial charge < -0.3 is 0 Å². The highest BCUT2D eigenvalue weighted by molar-refractivity contribution is 7.49. The van der Waals surface area contributed by atoms with Gasteiger partial charge in [0, 0.05) is 12.1 Å². The number of non-ortho nitro benzene ring substituents is 1. The summed E-state index contributed by atoms with van der Waals surface area (Å²) in [6, 6.07) is 5.54. The third kappa shape index (κ3) is 1.31. The van der Waals surface area contributed by atoms with Gasteiger partial charge in [-0.3, -0.25) is 10.1 Å². The molecule has 3 fully saturated rings. The monoisotopic (exact) mass is 245 g/mol. The number of phosphoric acid groups is 1. The minimum atomic E-state index is -3.48. The average Bonchev–Trinajstić information content (AvgIpc) is 2.71. The number of nitrogens with zero attached hydrogens (tertiary/aromatic N) is 3. The first-order valence-corrected chi connectivity index (χ1v) is 5.57. The SMILES string of the molecule is O=[N+]([O-])c1cccc(N2OP3(=O)ON2O3)c1. The second kappa shape index (κ2) is 3.00. The number of fused-ring (bicyclic) bond motifs is 1. The van der Waals surface area contributed by atoms with E-state index in [1.165, 1.54) is 24.3 Å². The molecule has 9 nitrogen and oxygen atoms in total. The van der Waals surface area contributed by atoms with Crippen molar-refractivity contribution in [2.45, 2.75) is 0 Å². The van der Waals surface area contributed by atoms with Crippen molar-refractivity contribution in [3.8, 4) is 0 Å². The van der Waals surface area contributed by atoms with E-state index in [9.17, 15) is 14.7 Å². The van der Waals surface area contributed by atoms with Gasteiger partial charge in [-0.15, -0.1) is 19.0 Å². The number of hydrogen-bond acceptors (Lipinski definition) is 8. The van der Waals surface area contributed by atoms with Crippen LogP contribution in [0.25, 0.3) is 0 Å². The lowest BCUT2D eigenvalue weighted by Gasteiger charge is -2.21. The van der Waals surface area contributed by atoms with Gasteiger partial charge in [0.1, 0.15) is 0 Å². The predicted octanol–water partition coefficient (Wildman–Crippen LogP) is 1.55. The quantitative estimate of drug-likeness (QED) is 0.440. The van der Waals surface area contributed by atoms with Gasteiger partial charge in [-0.2, -0.15) is 0 Å². The molecule has 1 aromatic carbocycles. The van der Waals surface area contributed by atoms with E-state index in [1.807, 2.05) is 0 Å². The van der Waals surface area contributed by atoms with Crippen molar-refractivity contribution < 1.29 is 23.4 Å². The van der Waals surface area contributed by atoms with Crippen LogP contribution in [0.15, 0.2) is 24.3 Å². The van der Waals surface area contributed by atoms with Crippen LogP contribution in [0.3, 0.4) is 0 Å². The van der Waals surface area contributed by atoms with Crippen LogP contribution < -0.4 is 5.17 Å². The Morgan fingerprint density at radius 1 is 1.31 bits per heavy atom. The van der Waals surface area contributed by atoms with Gasteiger partial charge >= 0.3 is 7.82 Å². The Bertz CT molecular complexity index is 511. The molecule has 3 saturated heterocycles. The van der Waals surface area contributed by atoms with Crippen LogP contribution in [0.1, 0.15) is 0 Å². The molecule has 0 N–H and O–H groups in total. The third-order valence-electron chi connectivity index (χ3n) is 1.93. The van der Waals surface area contributed by atoms with Gasteiger partial charge in [0.25, 0.3) is 5.69 Å². The van der Waals surface area contributed by atoms with Crippen LogP contribution >= 0.6 is 7.82 Å². The maximum atomic E-state index is 11.2. The molecule has 0 aromatic heterocycles. The maximum absolute atomic E-state index is 11.2. The summed E-state index contributed by atoms with van der Waals surface area (Å²) in [7, 11) is -3.48. The Labute approximate surface area is 88.3 Å². The number of benzene rings is 1. The van der Waals surface area contributed by atoms with Crippen LogP contribution in [0.2, 0.25) is 0 Å². The molecular formula is C6H4N3O6P. The Morgan fingerprint density at radius 2 is 2.06 bits per heavy atom. The van der Waals surface area contributed by atoms with Gasteiger partial charge in [-0.05, 0) is 6.07 Å². The van der Waals surface area contributed by atoms with Gasteiger partial charge in [0.05, 0.1) is 15.9 Å². The molecule has 0 amide bonds. The van der Waals surface area contributed by atoms with Gasteiger partial charge in [0.15, 0.2) is 0 Å². The number of nitro groups is 1. The van der Waals surface area contributed by atoms with E-state index in [4.69, 9.17) is 4.62 Å². The smallest absolute Gasteiger partial charge is 0.258 e. The Morgan fingerprint density at radius 3 is 2.62 bits per heavy atom. The summed E-state index contributed by atoms with van der Waals surface area (Å²) in [5, 5.41) is 12.2. The summed E-state index contributed by atoms with van der Waals surface area (Å²) < 4.78 is 25.2. The molecular weight excluding hydrogens is 241 g/mol. The molecule has 3 heterocycles. The molecule has 2 bridgehead atoms. The van der Waals surface area contributed by atoms with Crippen molar-refractivity contribution >= 4 is 19.2 Å². The van der Waals surface area contributed by atoms with Gasteiger partial charge in [0.2, 0.25) is 0 Å². The minimum Gasteiger partial charge on any atom is -0.258 e. The molecule has 0 atom stereocenters. The number of hydrogen-bond donors (Lipinski definition) is 0. The number of rotatable bonds is 2. The van der Waals surface area contributed by atoms with Crippen LogP contribution in [0.4, 0.5) is 11.4 Å². The standard InChI is InChI=1S/C6H4N3O6P/c10-8(11)6-3-1-2-5(4-6)7-9-14-16(12,13-7)15-9/h1-4H. The fourth-order valence-electron chi connectivity index (χ4n) is 1.26. The van der Waals surface area contributed by atoms with Crippen LogP contribution in [-0.4, -0.2) is 10.3 Å². The Hall–Kier alpha value is -1.51. The third-order valence-corrected chi connectivity index (χ3v) is 2.96. The van der Waals surface area contributed by atoms with E-state index in [2.05, 4.69) is 9.25 Å². The molecule has 0 aliphatic carbocycles. The van der Waals surface area contributed by atoms with Crippen molar-refractivity contribution in [2.75, 3.05) is 5.17 Å². The summed E-state index contributed by atoms with van der Waals surface area (Å²) in [6.07, 6.45) is 0. The largest absolute Gasteiger partial charge is 0.538 e. The van der Waals surface area contributed by atoms with Crippen molar-refractivity contribution in [1.29, 1.82) is 0 Å². The van der Waals surface area contributed by atoms with Crippen molar-refractivity contribution in [1.82, 2.24) is 5.34 Å². The summed E-state index contributed by atoms with van der Waals surface area (Å²) >= 11 is 0.